The summed E-state index contributed by atoms with van der Waals surface area (Å²) in [6.45, 7) is 15.0. The Morgan fingerprint density at radius 2 is 0.500 bits per heavy atom. The number of carboxylic acid groups (broad SMARTS) is 2. The maximum Gasteiger partial charge on any atom is 3.00 e. The quantitative estimate of drug-likeness (QED) is 0.0748. The Bertz CT molecular complexity index is 2180. The van der Waals surface area contributed by atoms with Crippen molar-refractivity contribution in [2.75, 3.05) is 82.8 Å². The molecular formula is C48H66N8O24Tm2Zn2. The average Bonchev–Trinajstić information content (AvgIpc) is 3.31. The molecule has 4 aromatic carbocycles. The predicted molar refractivity (Wildman–Crippen MR) is 277 cm³/mol. The number of hydrogen-bond donors (Lipinski definition) is 0. The minimum Gasteiger partial charge on any atom is -0.870 e. The van der Waals surface area contributed by atoms with Crippen LogP contribution in [0.1, 0.15) is 58.4 Å². The van der Waals surface area contributed by atoms with Gasteiger partial charge in [0.2, 0.25) is 0 Å². The molecule has 0 N–H and O–H groups in total. The second kappa shape index (κ2) is 53.1. The molecule has 0 unspecified atom stereocenters. The molecule has 0 aromatic heterocycles. The molecule has 0 fully saturated rings. The van der Waals surface area contributed by atoms with Crippen LogP contribution in [0.5, 0.6) is 46.0 Å². The fraction of sp³-hybridized carbons (Fsp3) is 0.458. The van der Waals surface area contributed by atoms with Gasteiger partial charge in [0.1, 0.15) is 23.0 Å². The van der Waals surface area contributed by atoms with Gasteiger partial charge in [-0.25, -0.2) is 0 Å². The van der Waals surface area contributed by atoms with Gasteiger partial charge in [0.05, 0.1) is 48.8 Å². The van der Waals surface area contributed by atoms with Crippen LogP contribution >= 0.6 is 0 Å². The molecule has 0 saturated carbocycles. The summed E-state index contributed by atoms with van der Waals surface area (Å²) in [4.78, 5) is 59.2. The van der Waals surface area contributed by atoms with Gasteiger partial charge in [0, 0.05) is 64.3 Å². The summed E-state index contributed by atoms with van der Waals surface area (Å²) >= 11 is 0. The van der Waals surface area contributed by atoms with Crippen molar-refractivity contribution < 1.29 is 192 Å². The zero-order valence-electron chi connectivity index (χ0n) is 48.6. The third-order valence-electron chi connectivity index (χ3n) is 9.47. The zero-order valence-corrected chi connectivity index (χ0v) is 58.1. The van der Waals surface area contributed by atoms with Crippen LogP contribution in [0.2, 0.25) is 0 Å². The molecule has 0 amide bonds. The smallest absolute Gasteiger partial charge is 0.870 e. The first-order chi connectivity index (χ1) is 36.9. The number of carbonyl (C=O) groups excluding carboxylic acids is 2. The van der Waals surface area contributed by atoms with Gasteiger partial charge in [0.15, 0.2) is 0 Å². The SMILES string of the molecule is CC(=O)[O-].CC(=O)[O-].COc1cc(C)cc(CN(C)CCN(C)Cc2cc(C)cc(OC)c2[O-])c1[O-].COc1cc(C)cc(CN(C)CCN(C)Cc2cc(C)cc(OC)c2[O-])c1[O-].O=[N+]([O-])[O-].O=[N+]([O-])[O-].O=[N+]([O-])[O-].O=[N+]([O-])[O-].[Tm+3].[Tm+3].[Zn+2].[Zn+2]. The number of rotatable bonds is 18. The molecule has 36 heteroatoms. The summed E-state index contributed by atoms with van der Waals surface area (Å²) < 4.78 is 20.7. The van der Waals surface area contributed by atoms with Crippen LogP contribution in [0.15, 0.2) is 48.5 Å². The zero-order chi connectivity index (χ0) is 63.2. The molecule has 4 aromatic rings. The van der Waals surface area contributed by atoms with Crippen LogP contribution < -0.4 is 49.6 Å². The van der Waals surface area contributed by atoms with Gasteiger partial charge in [0.25, 0.3) is 0 Å². The Kier molecular flexibility index (Phi) is 60.0. The van der Waals surface area contributed by atoms with Crippen molar-refractivity contribution in [3.05, 3.63) is 154 Å². The first-order valence-corrected chi connectivity index (χ1v) is 22.6. The summed E-state index contributed by atoms with van der Waals surface area (Å²) in [6.07, 6.45) is 0. The maximum absolute atomic E-state index is 12.4. The molecule has 0 spiro atoms. The second-order valence-corrected chi connectivity index (χ2v) is 16.7. The third-order valence-corrected chi connectivity index (χ3v) is 9.47. The van der Waals surface area contributed by atoms with Crippen LogP contribution in [-0.4, -0.2) is 135 Å². The van der Waals surface area contributed by atoms with Crippen LogP contribution in [0.3, 0.4) is 0 Å². The first kappa shape index (κ1) is 94.9. The van der Waals surface area contributed by atoms with Gasteiger partial charge in [-0.05, 0) is 139 Å². The fourth-order valence-electron chi connectivity index (χ4n) is 6.49. The number of nitrogens with zero attached hydrogens (tertiary/aromatic N) is 8. The van der Waals surface area contributed by atoms with E-state index in [9.17, 15) is 20.4 Å². The number of carbonyl (C=O) groups is 2. The van der Waals surface area contributed by atoms with Gasteiger partial charge in [-0.2, -0.15) is 0 Å². The van der Waals surface area contributed by atoms with Crippen molar-refractivity contribution in [1.29, 1.82) is 0 Å². The Hall–Kier alpha value is -5.43. The predicted octanol–water partition coefficient (Wildman–Crippen LogP) is 0.614. The number of benzene rings is 4. The maximum atomic E-state index is 12.4. The number of methoxy groups -OCH3 is 4. The van der Waals surface area contributed by atoms with E-state index in [-0.39, 0.29) is 136 Å². The van der Waals surface area contributed by atoms with Crippen molar-refractivity contribution in [2.45, 2.75) is 67.7 Å². The Balaban J connectivity index is -0.000000160. The summed E-state index contributed by atoms with van der Waals surface area (Å²) in [5.74, 6) is -0.859. The third kappa shape index (κ3) is 51.0. The summed E-state index contributed by atoms with van der Waals surface area (Å²) in [7, 11) is 14.0. The van der Waals surface area contributed by atoms with E-state index in [2.05, 4.69) is 19.6 Å². The minimum atomic E-state index is -1.75. The Morgan fingerprint density at radius 3 is 0.607 bits per heavy atom. The molecule has 472 valence electrons. The van der Waals surface area contributed by atoms with Crippen LogP contribution in [0, 0.1) is 163 Å². The Labute approximate surface area is 569 Å². The van der Waals surface area contributed by atoms with Crippen LogP contribution in [0.25, 0.3) is 0 Å². The van der Waals surface area contributed by atoms with Crippen molar-refractivity contribution in [1.82, 2.24) is 19.6 Å². The van der Waals surface area contributed by atoms with Gasteiger partial charge in [-0.3, -0.25) is 0 Å². The monoisotopic (exact) mass is 1600 g/mol. The van der Waals surface area contributed by atoms with Crippen LogP contribution in [-0.2, 0) is 74.7 Å². The van der Waals surface area contributed by atoms with E-state index < -0.39 is 32.3 Å². The molecule has 0 bridgehead atoms. The van der Waals surface area contributed by atoms with Gasteiger partial charge < -0.3 is 140 Å². The number of carboxylic acids is 2. The molecule has 0 aliphatic carbocycles. The largest absolute Gasteiger partial charge is 3.00 e. The number of aliphatic carboxylic acids is 2. The molecular weight excluding hydrogens is 1540 g/mol. The number of ether oxygens (including phenoxy) is 4. The van der Waals surface area contributed by atoms with E-state index >= 15 is 0 Å². The van der Waals surface area contributed by atoms with Crippen molar-refractivity contribution >= 4 is 11.9 Å². The van der Waals surface area contributed by atoms with Gasteiger partial charge >= 0.3 is 113 Å². The average molecular weight is 1610 g/mol. The molecule has 32 nitrogen and oxygen atoms in total. The van der Waals surface area contributed by atoms with Crippen molar-refractivity contribution in [3.8, 4) is 46.0 Å². The standard InChI is InChI=1S/2C22H32N2O4.2C2H4O2.4NO3.2Tm.2Zn/c2*1-15-9-17(21(25)19(11-15)27-5)13-23(3)7-8-24(4)14-18-10-16(2)12-20(28-6)22(18)26;2*1-2(3)4;4*2-1(3)4;;;;/h2*9-12,25-26H,7-8,13-14H2,1-6H3;2*1H3,(H,3,4);;;;;;;;/q;;;;4*-1;2*+3;2*+2/p-6. The topological polar surface area (TPSA) is 487 Å². The van der Waals surface area contributed by atoms with E-state index in [1.165, 1.54) is 28.4 Å². The van der Waals surface area contributed by atoms with Crippen LogP contribution in [0.4, 0.5) is 0 Å². The summed E-state index contributed by atoms with van der Waals surface area (Å²) in [5, 5.41) is 126. The molecule has 0 aliphatic rings. The van der Waals surface area contributed by atoms with Gasteiger partial charge in [-0.15, -0.1) is 0 Å². The molecule has 0 saturated heterocycles. The normalized spacial score (nSPS) is 9.26. The van der Waals surface area contributed by atoms with E-state index in [1.807, 2.05) is 80.2 Å². The number of hydrogen-bond acceptors (Lipinski definition) is 28. The number of aryl methyl sites for hydroxylation is 4. The van der Waals surface area contributed by atoms with E-state index in [1.54, 1.807) is 24.3 Å². The molecule has 0 aliphatic heterocycles. The second-order valence-electron chi connectivity index (χ2n) is 16.7. The molecule has 4 rings (SSSR count). The van der Waals surface area contributed by atoms with Crippen molar-refractivity contribution in [3.63, 3.8) is 0 Å². The molecule has 0 atom stereocenters. The van der Waals surface area contributed by atoms with Gasteiger partial charge in [-0.1, -0.05) is 47.3 Å². The summed E-state index contributed by atoms with van der Waals surface area (Å²) in [6, 6.07) is 14.7. The van der Waals surface area contributed by atoms with E-state index in [0.717, 1.165) is 84.5 Å². The van der Waals surface area contributed by atoms with E-state index in [4.69, 9.17) is 100 Å². The number of likely N-dealkylation sites (N-methyl/N-ethyl adjacent to an activating group) is 4. The fourth-order valence-corrected chi connectivity index (χ4v) is 6.49. The molecule has 0 heterocycles. The molecule has 0 radical (unpaired) electrons. The summed E-state index contributed by atoms with van der Waals surface area (Å²) in [5.41, 5.74) is 6.95. The first-order valence-electron chi connectivity index (χ1n) is 22.6. The Morgan fingerprint density at radius 1 is 0.381 bits per heavy atom. The van der Waals surface area contributed by atoms with E-state index in [0.29, 0.717) is 49.2 Å². The molecule has 84 heavy (non-hydrogen) atoms. The minimum absolute atomic E-state index is 0. The van der Waals surface area contributed by atoms with Crippen molar-refractivity contribution in [2.24, 2.45) is 0 Å².